The lowest BCUT2D eigenvalue weighted by atomic mass is 10.0. The van der Waals surface area contributed by atoms with Gasteiger partial charge in [-0.05, 0) is 40.5 Å². The third kappa shape index (κ3) is 6.50. The van der Waals surface area contributed by atoms with E-state index in [2.05, 4.69) is 24.1 Å². The minimum atomic E-state index is -0.468. The number of hydrogen-bond acceptors (Lipinski definition) is 5. The van der Waals surface area contributed by atoms with Crippen molar-refractivity contribution in [3.63, 3.8) is 0 Å². The Morgan fingerprint density at radius 1 is 1.50 bits per heavy atom. The van der Waals surface area contributed by atoms with Gasteiger partial charge >= 0.3 is 6.09 Å². The van der Waals surface area contributed by atoms with Gasteiger partial charge < -0.3 is 20.5 Å². The lowest BCUT2D eigenvalue weighted by Crippen LogP contribution is -2.55. The Balaban J connectivity index is 2.45. The zero-order valence-electron chi connectivity index (χ0n) is 14.7. The monoisotopic (exact) mass is 315 g/mol. The molecule has 3 unspecified atom stereocenters. The van der Waals surface area contributed by atoms with Crippen molar-refractivity contribution in [2.24, 2.45) is 5.73 Å². The number of rotatable bonds is 6. The fourth-order valence-electron chi connectivity index (χ4n) is 2.74. The molecule has 6 nitrogen and oxygen atoms in total. The SMILES string of the molecule is CCC1COC(C)CN1C(CN)CCNC(=O)OC(C)(C)C. The molecular weight excluding hydrogens is 282 g/mol. The van der Waals surface area contributed by atoms with Crippen molar-refractivity contribution in [3.05, 3.63) is 0 Å². The van der Waals surface area contributed by atoms with Crippen LogP contribution >= 0.6 is 0 Å². The molecule has 1 amide bonds. The number of morpholine rings is 1. The summed E-state index contributed by atoms with van der Waals surface area (Å²) in [5.74, 6) is 0. The maximum absolute atomic E-state index is 11.7. The van der Waals surface area contributed by atoms with Gasteiger partial charge in [-0.15, -0.1) is 0 Å². The highest BCUT2D eigenvalue weighted by Gasteiger charge is 2.30. The van der Waals surface area contributed by atoms with Crippen LogP contribution in [0.1, 0.15) is 47.5 Å². The topological polar surface area (TPSA) is 76.8 Å². The number of amides is 1. The zero-order chi connectivity index (χ0) is 16.8. The minimum Gasteiger partial charge on any atom is -0.444 e. The smallest absolute Gasteiger partial charge is 0.407 e. The van der Waals surface area contributed by atoms with Crippen LogP contribution in [0, 0.1) is 0 Å². The second-order valence-electron chi connectivity index (χ2n) is 7.01. The van der Waals surface area contributed by atoms with Gasteiger partial charge in [0.1, 0.15) is 5.60 Å². The summed E-state index contributed by atoms with van der Waals surface area (Å²) in [4.78, 5) is 14.1. The Labute approximate surface area is 134 Å². The van der Waals surface area contributed by atoms with E-state index in [-0.39, 0.29) is 18.2 Å². The highest BCUT2D eigenvalue weighted by Crippen LogP contribution is 2.18. The standard InChI is InChI=1S/C16H33N3O3/c1-6-13-11-21-12(2)10-19(13)14(9-17)7-8-18-15(20)22-16(3,4)5/h12-14H,6-11,17H2,1-5H3,(H,18,20). The summed E-state index contributed by atoms with van der Waals surface area (Å²) in [5.41, 5.74) is 5.49. The molecule has 0 aromatic carbocycles. The van der Waals surface area contributed by atoms with Crippen LogP contribution in [0.2, 0.25) is 0 Å². The van der Waals surface area contributed by atoms with E-state index in [0.29, 0.717) is 19.1 Å². The van der Waals surface area contributed by atoms with Gasteiger partial charge in [-0.2, -0.15) is 0 Å². The second-order valence-corrected chi connectivity index (χ2v) is 7.01. The van der Waals surface area contributed by atoms with Crippen LogP contribution in [-0.2, 0) is 9.47 Å². The number of nitrogens with zero attached hydrogens (tertiary/aromatic N) is 1. The highest BCUT2D eigenvalue weighted by atomic mass is 16.6. The normalized spacial score (nSPS) is 24.8. The van der Waals surface area contributed by atoms with Crippen LogP contribution in [-0.4, -0.2) is 61.0 Å². The van der Waals surface area contributed by atoms with Crippen molar-refractivity contribution >= 4 is 6.09 Å². The van der Waals surface area contributed by atoms with Crippen molar-refractivity contribution in [3.8, 4) is 0 Å². The Hall–Kier alpha value is -0.850. The summed E-state index contributed by atoms with van der Waals surface area (Å²) in [6, 6.07) is 0.664. The minimum absolute atomic E-state index is 0.232. The van der Waals surface area contributed by atoms with Crippen molar-refractivity contribution in [2.75, 3.05) is 26.2 Å². The largest absolute Gasteiger partial charge is 0.444 e. The number of hydrogen-bond donors (Lipinski definition) is 2. The average Bonchev–Trinajstić information content (AvgIpc) is 2.41. The first-order chi connectivity index (χ1) is 10.3. The predicted molar refractivity (Wildman–Crippen MR) is 87.9 cm³/mol. The molecule has 0 aromatic rings. The molecule has 1 fully saturated rings. The zero-order valence-corrected chi connectivity index (χ0v) is 14.7. The third-order valence-corrected chi connectivity index (χ3v) is 3.87. The molecule has 1 rings (SSSR count). The van der Waals surface area contributed by atoms with E-state index in [9.17, 15) is 4.79 Å². The van der Waals surface area contributed by atoms with Crippen LogP contribution in [0.25, 0.3) is 0 Å². The molecule has 0 aliphatic carbocycles. The molecule has 1 aliphatic heterocycles. The van der Waals surface area contributed by atoms with Crippen molar-refractivity contribution in [2.45, 2.75) is 71.2 Å². The molecule has 1 saturated heterocycles. The molecule has 22 heavy (non-hydrogen) atoms. The molecule has 0 radical (unpaired) electrons. The molecule has 0 spiro atoms. The molecule has 3 atom stereocenters. The van der Waals surface area contributed by atoms with Gasteiger partial charge in [0.25, 0.3) is 0 Å². The molecule has 3 N–H and O–H groups in total. The van der Waals surface area contributed by atoms with Crippen LogP contribution in [0.4, 0.5) is 4.79 Å². The molecular formula is C16H33N3O3. The molecule has 1 heterocycles. The first kappa shape index (κ1) is 19.2. The van der Waals surface area contributed by atoms with E-state index in [1.165, 1.54) is 0 Å². The maximum Gasteiger partial charge on any atom is 0.407 e. The second kappa shape index (κ2) is 8.70. The van der Waals surface area contributed by atoms with Crippen LogP contribution in [0.3, 0.4) is 0 Å². The van der Waals surface area contributed by atoms with Gasteiger partial charge in [0.15, 0.2) is 0 Å². The van der Waals surface area contributed by atoms with E-state index in [1.54, 1.807) is 0 Å². The predicted octanol–water partition coefficient (Wildman–Crippen LogP) is 1.73. The maximum atomic E-state index is 11.7. The van der Waals surface area contributed by atoms with Gasteiger partial charge in [-0.1, -0.05) is 6.92 Å². The number of carbonyl (C=O) groups is 1. The lowest BCUT2D eigenvalue weighted by molar-refractivity contribution is -0.0721. The van der Waals surface area contributed by atoms with Gasteiger partial charge in [-0.3, -0.25) is 4.90 Å². The Morgan fingerprint density at radius 2 is 2.18 bits per heavy atom. The summed E-state index contributed by atoms with van der Waals surface area (Å²) < 4.78 is 11.0. The molecule has 0 saturated carbocycles. The molecule has 6 heteroatoms. The highest BCUT2D eigenvalue weighted by molar-refractivity contribution is 5.67. The van der Waals surface area contributed by atoms with E-state index in [4.69, 9.17) is 15.2 Å². The van der Waals surface area contributed by atoms with Gasteiger partial charge in [0.05, 0.1) is 12.7 Å². The summed E-state index contributed by atoms with van der Waals surface area (Å²) in [7, 11) is 0. The Bertz CT molecular complexity index is 344. The summed E-state index contributed by atoms with van der Waals surface area (Å²) in [5, 5.41) is 2.81. The Morgan fingerprint density at radius 3 is 2.73 bits per heavy atom. The van der Waals surface area contributed by atoms with E-state index in [0.717, 1.165) is 26.0 Å². The first-order valence-electron chi connectivity index (χ1n) is 8.31. The van der Waals surface area contributed by atoms with Gasteiger partial charge in [0, 0.05) is 31.7 Å². The van der Waals surface area contributed by atoms with E-state index >= 15 is 0 Å². The Kier molecular flexibility index (Phi) is 7.59. The average molecular weight is 315 g/mol. The third-order valence-electron chi connectivity index (χ3n) is 3.87. The number of ether oxygens (including phenoxy) is 2. The van der Waals surface area contributed by atoms with Crippen LogP contribution in [0.15, 0.2) is 0 Å². The fourth-order valence-corrected chi connectivity index (χ4v) is 2.74. The lowest BCUT2D eigenvalue weighted by Gasteiger charge is -2.43. The van der Waals surface area contributed by atoms with Crippen LogP contribution < -0.4 is 11.1 Å². The van der Waals surface area contributed by atoms with Gasteiger partial charge in [-0.25, -0.2) is 4.79 Å². The molecule has 1 aliphatic rings. The van der Waals surface area contributed by atoms with Crippen LogP contribution in [0.5, 0.6) is 0 Å². The molecule has 130 valence electrons. The fraction of sp³-hybridized carbons (Fsp3) is 0.938. The quantitative estimate of drug-likeness (QED) is 0.780. The number of alkyl carbamates (subject to hydrolysis) is 1. The van der Waals surface area contributed by atoms with E-state index < -0.39 is 5.60 Å². The summed E-state index contributed by atoms with van der Waals surface area (Å²) in [6.45, 7) is 12.6. The number of nitrogens with one attached hydrogen (secondary N) is 1. The van der Waals surface area contributed by atoms with E-state index in [1.807, 2.05) is 20.8 Å². The summed E-state index contributed by atoms with van der Waals surface area (Å²) >= 11 is 0. The van der Waals surface area contributed by atoms with Crippen molar-refractivity contribution in [1.29, 1.82) is 0 Å². The molecule has 0 bridgehead atoms. The molecule has 0 aromatic heterocycles. The van der Waals surface area contributed by atoms with Gasteiger partial charge in [0.2, 0.25) is 0 Å². The summed E-state index contributed by atoms with van der Waals surface area (Å²) in [6.07, 6.45) is 1.73. The van der Waals surface area contributed by atoms with Crippen molar-refractivity contribution in [1.82, 2.24) is 10.2 Å². The first-order valence-corrected chi connectivity index (χ1v) is 8.31. The number of carbonyl (C=O) groups excluding carboxylic acids is 1. The van der Waals surface area contributed by atoms with Crippen molar-refractivity contribution < 1.29 is 14.3 Å². The number of nitrogens with two attached hydrogens (primary N) is 1.